The molecule has 0 aromatic rings. The van der Waals surface area contributed by atoms with Gasteiger partial charge in [0.05, 0.1) is 0 Å². The van der Waals surface area contributed by atoms with E-state index in [0.717, 1.165) is 0 Å². The zero-order valence-corrected chi connectivity index (χ0v) is 5.49. The summed E-state index contributed by atoms with van der Waals surface area (Å²) < 4.78 is 25.5. The van der Waals surface area contributed by atoms with Gasteiger partial charge in [0.25, 0.3) is 0 Å². The molecular weight excluding hydrogens is 270 g/mol. The fraction of sp³-hybridized carbons (Fsp3) is 0. The Balaban J connectivity index is 4.06. The molecule has 0 fully saturated rings. The van der Waals surface area contributed by atoms with Crippen molar-refractivity contribution in [2.24, 2.45) is 0 Å². The molecule has 0 amide bonds. The average Bonchev–Trinajstić information content (AvgIpc) is 0.722. The third-order valence-electron chi connectivity index (χ3n) is 0. The van der Waals surface area contributed by atoms with Gasteiger partial charge >= 0.3 is 35.1 Å². The van der Waals surface area contributed by atoms with Crippen LogP contribution in [-0.2, 0) is 21.7 Å². The summed E-state index contributed by atoms with van der Waals surface area (Å²) in [5, 5.41) is 0. The van der Waals surface area contributed by atoms with E-state index in [2.05, 4.69) is 9.53 Å². The molecule has 0 saturated carbocycles. The molecule has 0 aromatic heterocycles. The molecule has 0 atom stereocenters. The zero-order valence-electron chi connectivity index (χ0n) is 2.02. The second-order valence-corrected chi connectivity index (χ2v) is 6.08. The zero-order chi connectivity index (χ0) is 4.50. The Hall–Kier alpha value is 0.512. The maximum atomic E-state index is 9.07. The first kappa shape index (κ1) is 5.51. The Bertz CT molecular complexity index is 90.1. The quantitative estimate of drug-likeness (QED) is 0.668. The molecule has 0 aliphatic carbocycles. The van der Waals surface area contributed by atoms with Crippen molar-refractivity contribution in [3.05, 3.63) is 0 Å². The molecule has 0 aliphatic rings. The Kier molecular flexibility index (Phi) is 1.45. The van der Waals surface area contributed by atoms with E-state index < -0.39 is 14.8 Å². The van der Waals surface area contributed by atoms with Crippen LogP contribution in [0.25, 0.3) is 0 Å². The van der Waals surface area contributed by atoms with Crippen LogP contribution in [0, 0.1) is 0 Å². The molecule has 0 saturated heterocycles. The number of rotatable bonds is 0. The molecule has 33 valence electrons. The molecular formula is HClO3Re. The van der Waals surface area contributed by atoms with Crippen molar-refractivity contribution >= 4 is 9.53 Å². The van der Waals surface area contributed by atoms with Crippen molar-refractivity contribution in [1.82, 2.24) is 0 Å². The Labute approximate surface area is 35.6 Å². The number of hydrogen-bond donors (Lipinski definition) is 1. The molecule has 5 heavy (non-hydrogen) atoms. The van der Waals surface area contributed by atoms with Gasteiger partial charge in [-0.3, -0.25) is 0 Å². The first-order chi connectivity index (χ1) is 2.00. The second-order valence-electron chi connectivity index (χ2n) is 0.382. The molecule has 0 bridgehead atoms. The van der Waals surface area contributed by atoms with Gasteiger partial charge in [-0.1, -0.05) is 0 Å². The summed E-state index contributed by atoms with van der Waals surface area (Å²) in [5.74, 6) is 0. The van der Waals surface area contributed by atoms with Crippen LogP contribution in [0.2, 0.25) is 0 Å². The van der Waals surface area contributed by atoms with Crippen molar-refractivity contribution in [1.29, 1.82) is 0 Å². The van der Waals surface area contributed by atoms with E-state index >= 15 is 0 Å². The van der Waals surface area contributed by atoms with Gasteiger partial charge in [0.2, 0.25) is 0 Å². The topological polar surface area (TPSA) is 54.4 Å². The van der Waals surface area contributed by atoms with Gasteiger partial charge in [0.15, 0.2) is 0 Å². The van der Waals surface area contributed by atoms with Crippen molar-refractivity contribution < 1.29 is 25.6 Å². The van der Waals surface area contributed by atoms with Gasteiger partial charge in [0.1, 0.15) is 0 Å². The van der Waals surface area contributed by atoms with Crippen molar-refractivity contribution in [3.8, 4) is 0 Å². The Morgan fingerprint density at radius 3 is 1.60 bits per heavy atom. The van der Waals surface area contributed by atoms with Crippen LogP contribution in [0.15, 0.2) is 0 Å². The summed E-state index contributed by atoms with van der Waals surface area (Å²) in [7, 11) is 4.18. The maximum absolute atomic E-state index is 9.07. The van der Waals surface area contributed by atoms with Crippen molar-refractivity contribution in [2.45, 2.75) is 0 Å². The van der Waals surface area contributed by atoms with E-state index in [1.807, 2.05) is 0 Å². The molecule has 0 spiro atoms. The summed E-state index contributed by atoms with van der Waals surface area (Å²) in [4.78, 5) is 0. The fourth-order valence-corrected chi connectivity index (χ4v) is 0. The molecule has 0 rings (SSSR count). The summed E-state index contributed by atoms with van der Waals surface area (Å²) in [6.45, 7) is 0. The van der Waals surface area contributed by atoms with E-state index in [1.165, 1.54) is 0 Å². The molecule has 1 N–H and O–H groups in total. The molecule has 0 unspecified atom stereocenters. The van der Waals surface area contributed by atoms with Gasteiger partial charge < -0.3 is 0 Å². The summed E-state index contributed by atoms with van der Waals surface area (Å²) in [6.07, 6.45) is 0. The SMILES string of the molecule is [O]=[Re](=[O])([OH])[Cl]. The monoisotopic (exact) mass is 271 g/mol. The number of hydrogen-bond acceptors (Lipinski definition) is 2. The predicted molar refractivity (Wildman–Crippen MR) is 9.44 cm³/mol. The van der Waals surface area contributed by atoms with Crippen LogP contribution in [0.1, 0.15) is 0 Å². The number of halogens is 1. The van der Waals surface area contributed by atoms with Gasteiger partial charge in [-0.25, -0.2) is 0 Å². The summed E-state index contributed by atoms with van der Waals surface area (Å²) in [5.41, 5.74) is 0. The van der Waals surface area contributed by atoms with Crippen molar-refractivity contribution in [3.63, 3.8) is 0 Å². The van der Waals surface area contributed by atoms with Gasteiger partial charge in [0, 0.05) is 0 Å². The van der Waals surface area contributed by atoms with E-state index in [0.29, 0.717) is 0 Å². The average molecular weight is 271 g/mol. The van der Waals surface area contributed by atoms with Crippen LogP contribution < -0.4 is 0 Å². The Morgan fingerprint density at radius 2 is 1.60 bits per heavy atom. The van der Waals surface area contributed by atoms with Gasteiger partial charge in [-0.2, -0.15) is 0 Å². The molecule has 0 radical (unpaired) electrons. The van der Waals surface area contributed by atoms with E-state index in [-0.39, 0.29) is 0 Å². The normalized spacial score (nSPS) is 11.6. The predicted octanol–water partition coefficient (Wildman–Crippen LogP) is -0.108. The standard InChI is InChI=1S/ClH.H2O.2O.Re/h1H;1H2;;;/q;;;;+2/p-2. The van der Waals surface area contributed by atoms with Crippen LogP contribution in [0.3, 0.4) is 0 Å². The minimum absolute atomic E-state index is 4.18. The molecule has 0 aliphatic heterocycles. The molecule has 0 heterocycles. The molecule has 3 nitrogen and oxygen atoms in total. The van der Waals surface area contributed by atoms with Crippen LogP contribution >= 0.6 is 9.53 Å². The third-order valence-corrected chi connectivity index (χ3v) is 0. The summed E-state index contributed by atoms with van der Waals surface area (Å²) in [6, 6.07) is 0. The van der Waals surface area contributed by atoms with Gasteiger partial charge in [-0.05, 0) is 0 Å². The van der Waals surface area contributed by atoms with Crippen molar-refractivity contribution in [2.75, 3.05) is 0 Å². The fourth-order valence-electron chi connectivity index (χ4n) is 0. The van der Waals surface area contributed by atoms with Gasteiger partial charge in [-0.15, -0.1) is 0 Å². The van der Waals surface area contributed by atoms with E-state index in [9.17, 15) is 0 Å². The molecule has 0 aromatic carbocycles. The first-order valence-corrected chi connectivity index (χ1v) is 7.42. The first-order valence-electron chi connectivity index (χ1n) is 0.620. The second kappa shape index (κ2) is 1.31. The van der Waals surface area contributed by atoms with E-state index in [1.54, 1.807) is 0 Å². The van der Waals surface area contributed by atoms with Crippen LogP contribution in [-0.4, -0.2) is 3.83 Å². The minimum atomic E-state index is -5.14. The Morgan fingerprint density at radius 1 is 1.60 bits per heavy atom. The van der Waals surface area contributed by atoms with Crippen LogP contribution in [0.4, 0.5) is 0 Å². The van der Waals surface area contributed by atoms with E-state index in [4.69, 9.17) is 10.8 Å². The molecule has 5 heteroatoms. The van der Waals surface area contributed by atoms with Crippen LogP contribution in [0.5, 0.6) is 0 Å². The summed E-state index contributed by atoms with van der Waals surface area (Å²) >= 11 is -5.14. The third kappa shape index (κ3) is 109.